The summed E-state index contributed by atoms with van der Waals surface area (Å²) in [4.78, 5) is 15.7. The van der Waals surface area contributed by atoms with Crippen LogP contribution >= 0.6 is 0 Å². The Morgan fingerprint density at radius 2 is 1.68 bits per heavy atom. The van der Waals surface area contributed by atoms with Crippen molar-refractivity contribution in [1.82, 2.24) is 9.55 Å². The summed E-state index contributed by atoms with van der Waals surface area (Å²) in [6, 6.07) is 12.4. The van der Waals surface area contributed by atoms with Crippen molar-refractivity contribution in [3.05, 3.63) is 71.3 Å². The summed E-state index contributed by atoms with van der Waals surface area (Å²) < 4.78 is 15.5. The lowest BCUT2D eigenvalue weighted by molar-refractivity contribution is -0.139. The number of aliphatic hydroxyl groups excluding tert-OH is 2. The summed E-state index contributed by atoms with van der Waals surface area (Å²) in [7, 11) is 0. The van der Waals surface area contributed by atoms with Gasteiger partial charge in [0.25, 0.3) is 0 Å². The van der Waals surface area contributed by atoms with Crippen molar-refractivity contribution in [2.45, 2.75) is 58.7 Å². The molecule has 0 spiro atoms. The molecular formula is C27H31FN2O4. The highest BCUT2D eigenvalue weighted by atomic mass is 19.1. The highest BCUT2D eigenvalue weighted by Crippen LogP contribution is 2.36. The Balaban J connectivity index is 2.15. The molecule has 3 aromatic rings. The minimum atomic E-state index is -1.15. The van der Waals surface area contributed by atoms with E-state index in [1.165, 1.54) is 18.2 Å². The van der Waals surface area contributed by atoms with E-state index in [1.807, 2.05) is 32.3 Å². The van der Waals surface area contributed by atoms with E-state index in [1.54, 1.807) is 18.3 Å². The van der Waals surface area contributed by atoms with Crippen LogP contribution in [0.5, 0.6) is 0 Å². The number of halogens is 1. The summed E-state index contributed by atoms with van der Waals surface area (Å²) in [5.74, 6) is -0.661. The maximum absolute atomic E-state index is 13.6. The predicted octanol–water partition coefficient (Wildman–Crippen LogP) is 5.15. The Bertz CT molecular complexity index is 1160. The molecule has 0 aliphatic carbocycles. The average molecular weight is 467 g/mol. The molecule has 0 saturated carbocycles. The quantitative estimate of drug-likeness (QED) is 0.405. The first-order valence-electron chi connectivity index (χ1n) is 11.3. The van der Waals surface area contributed by atoms with Gasteiger partial charge in [0.05, 0.1) is 30.0 Å². The summed E-state index contributed by atoms with van der Waals surface area (Å²) in [6.07, 6.45) is 0.504. The summed E-state index contributed by atoms with van der Waals surface area (Å²) in [6.45, 7) is 8.06. The van der Waals surface area contributed by atoms with Gasteiger partial charge in [-0.15, -0.1) is 0 Å². The van der Waals surface area contributed by atoms with Crippen LogP contribution in [0, 0.1) is 19.7 Å². The Hall–Kier alpha value is -3.29. The lowest BCUT2D eigenvalue weighted by Crippen LogP contribution is -2.19. The number of rotatable bonds is 9. The number of carbonyl (C=O) groups is 1. The maximum atomic E-state index is 13.6. The van der Waals surface area contributed by atoms with Gasteiger partial charge < -0.3 is 19.9 Å². The number of hydrogen-bond acceptors (Lipinski definition) is 4. The molecule has 0 aliphatic heterocycles. The predicted molar refractivity (Wildman–Crippen MR) is 131 cm³/mol. The van der Waals surface area contributed by atoms with Crippen molar-refractivity contribution in [3.8, 4) is 22.5 Å². The molecule has 1 aromatic heterocycles. The first kappa shape index (κ1) is 25.3. The fraction of sp³-hybridized carbons (Fsp3) is 0.333. The van der Waals surface area contributed by atoms with E-state index in [2.05, 4.69) is 18.2 Å². The van der Waals surface area contributed by atoms with Gasteiger partial charge in [0.2, 0.25) is 0 Å². The molecule has 3 rings (SSSR count). The Kier molecular flexibility index (Phi) is 8.02. The van der Waals surface area contributed by atoms with Crippen molar-refractivity contribution in [2.75, 3.05) is 0 Å². The average Bonchev–Trinajstić information content (AvgIpc) is 3.11. The van der Waals surface area contributed by atoms with Crippen LogP contribution in [0.1, 0.15) is 49.6 Å². The molecule has 34 heavy (non-hydrogen) atoms. The van der Waals surface area contributed by atoms with Crippen LogP contribution in [0.15, 0.2) is 48.5 Å². The van der Waals surface area contributed by atoms with E-state index in [0.29, 0.717) is 5.69 Å². The van der Waals surface area contributed by atoms with Gasteiger partial charge in [-0.05, 0) is 56.3 Å². The third-order valence-corrected chi connectivity index (χ3v) is 5.45. The molecule has 1 heterocycles. The number of imidazole rings is 1. The summed E-state index contributed by atoms with van der Waals surface area (Å²) in [5, 5.41) is 29.1. The van der Waals surface area contributed by atoms with Gasteiger partial charge in [-0.25, -0.2) is 9.37 Å². The smallest absolute Gasteiger partial charge is 0.305 e. The second-order valence-electron chi connectivity index (χ2n) is 8.97. The third-order valence-electron chi connectivity index (χ3n) is 5.45. The highest BCUT2D eigenvalue weighted by Gasteiger charge is 2.22. The van der Waals surface area contributed by atoms with Crippen molar-refractivity contribution >= 4 is 12.2 Å². The molecule has 0 amide bonds. The SMILES string of the molecule is Cc1cc(C)cc(-c2c(-c3ccc(F)cc3)nc(C(C)C)n2/C=C/C(O)CC(O)CC(=O)O)c1. The molecular weight excluding hydrogens is 435 g/mol. The molecule has 2 aromatic carbocycles. The fourth-order valence-electron chi connectivity index (χ4n) is 4.03. The molecule has 0 fully saturated rings. The number of aliphatic carboxylic acids is 1. The van der Waals surface area contributed by atoms with Gasteiger partial charge in [-0.1, -0.05) is 31.0 Å². The molecule has 180 valence electrons. The number of nitrogens with zero attached hydrogens (tertiary/aromatic N) is 2. The Labute approximate surface area is 199 Å². The number of aliphatic hydroxyl groups is 2. The molecule has 0 aliphatic rings. The van der Waals surface area contributed by atoms with Crippen molar-refractivity contribution < 1.29 is 24.5 Å². The van der Waals surface area contributed by atoms with Crippen LogP contribution < -0.4 is 0 Å². The zero-order valence-electron chi connectivity index (χ0n) is 19.9. The zero-order chi connectivity index (χ0) is 25.0. The largest absolute Gasteiger partial charge is 0.481 e. The first-order valence-corrected chi connectivity index (χ1v) is 11.3. The molecule has 2 unspecified atom stereocenters. The van der Waals surface area contributed by atoms with E-state index in [4.69, 9.17) is 10.1 Å². The van der Waals surface area contributed by atoms with Gasteiger partial charge in [0.15, 0.2) is 0 Å². The molecule has 2 atom stereocenters. The molecule has 0 bridgehead atoms. The summed E-state index contributed by atoms with van der Waals surface area (Å²) >= 11 is 0. The lowest BCUT2D eigenvalue weighted by atomic mass is 10.0. The van der Waals surface area contributed by atoms with Gasteiger partial charge in [0, 0.05) is 29.7 Å². The van der Waals surface area contributed by atoms with E-state index in [-0.39, 0.29) is 18.2 Å². The zero-order valence-corrected chi connectivity index (χ0v) is 19.9. The monoisotopic (exact) mass is 466 g/mol. The Morgan fingerprint density at radius 1 is 1.06 bits per heavy atom. The van der Waals surface area contributed by atoms with E-state index in [0.717, 1.165) is 33.8 Å². The van der Waals surface area contributed by atoms with Gasteiger partial charge >= 0.3 is 5.97 Å². The van der Waals surface area contributed by atoms with Crippen LogP contribution in [0.3, 0.4) is 0 Å². The molecule has 6 nitrogen and oxygen atoms in total. The van der Waals surface area contributed by atoms with Gasteiger partial charge in [-0.2, -0.15) is 0 Å². The number of carboxylic acids is 1. The summed E-state index contributed by atoms with van der Waals surface area (Å²) in [5.41, 5.74) is 5.36. The second-order valence-corrected chi connectivity index (χ2v) is 8.97. The number of carboxylic acid groups (broad SMARTS) is 1. The van der Waals surface area contributed by atoms with Crippen LogP contribution in [-0.2, 0) is 4.79 Å². The normalized spacial score (nSPS) is 13.5. The molecule has 7 heteroatoms. The van der Waals surface area contributed by atoms with Crippen molar-refractivity contribution in [3.63, 3.8) is 0 Å². The van der Waals surface area contributed by atoms with E-state index >= 15 is 0 Å². The number of benzene rings is 2. The lowest BCUT2D eigenvalue weighted by Gasteiger charge is -2.14. The van der Waals surface area contributed by atoms with Gasteiger partial charge in [0.1, 0.15) is 11.6 Å². The number of hydrogen-bond donors (Lipinski definition) is 3. The maximum Gasteiger partial charge on any atom is 0.305 e. The van der Waals surface area contributed by atoms with E-state index < -0.39 is 24.6 Å². The number of aryl methyl sites for hydroxylation is 2. The molecule has 3 N–H and O–H groups in total. The minimum Gasteiger partial charge on any atom is -0.481 e. The van der Waals surface area contributed by atoms with Crippen LogP contribution in [0.4, 0.5) is 4.39 Å². The minimum absolute atomic E-state index is 0.0400. The van der Waals surface area contributed by atoms with Crippen molar-refractivity contribution in [1.29, 1.82) is 0 Å². The fourth-order valence-corrected chi connectivity index (χ4v) is 4.03. The molecule has 0 radical (unpaired) electrons. The van der Waals surface area contributed by atoms with Crippen LogP contribution in [-0.4, -0.2) is 43.0 Å². The van der Waals surface area contributed by atoms with Crippen LogP contribution in [0.25, 0.3) is 28.7 Å². The Morgan fingerprint density at radius 3 is 2.24 bits per heavy atom. The van der Waals surface area contributed by atoms with E-state index in [9.17, 15) is 19.4 Å². The molecule has 0 saturated heterocycles. The van der Waals surface area contributed by atoms with Crippen LogP contribution in [0.2, 0.25) is 0 Å². The number of aromatic nitrogens is 2. The van der Waals surface area contributed by atoms with Gasteiger partial charge in [-0.3, -0.25) is 4.79 Å². The third kappa shape index (κ3) is 6.18. The second kappa shape index (κ2) is 10.8. The van der Waals surface area contributed by atoms with Crippen molar-refractivity contribution in [2.24, 2.45) is 0 Å². The first-order chi connectivity index (χ1) is 16.0. The standard InChI is InChI=1S/C27H31FN2O4/c1-16(2)27-29-25(19-5-7-21(28)8-6-19)26(20-12-17(3)11-18(4)13-20)30(27)10-9-22(31)14-23(32)15-24(33)34/h5-13,16,22-23,31-32H,14-15H2,1-4H3,(H,33,34)/b10-9+. The highest BCUT2D eigenvalue weighted by molar-refractivity contribution is 5.81. The topological polar surface area (TPSA) is 95.6 Å².